The smallest absolute Gasteiger partial charge is 0.407 e. The molecule has 8 atom stereocenters. The van der Waals surface area contributed by atoms with Crippen molar-refractivity contribution in [2.45, 2.75) is 83.9 Å². The number of hydrogen-bond acceptors (Lipinski definition) is 4. The number of rotatable bonds is 3. The molecule has 8 unspecified atom stereocenters. The summed E-state index contributed by atoms with van der Waals surface area (Å²) in [5.41, 5.74) is 2.45. The minimum absolute atomic E-state index is 0.00685. The summed E-state index contributed by atoms with van der Waals surface area (Å²) >= 11 is 0. The van der Waals surface area contributed by atoms with E-state index < -0.39 is 0 Å². The second kappa shape index (κ2) is 7.90. The number of amides is 1. The van der Waals surface area contributed by atoms with Crippen LogP contribution in [0.25, 0.3) is 0 Å². The van der Waals surface area contributed by atoms with Gasteiger partial charge in [-0.3, -0.25) is 0 Å². The molecule has 1 saturated heterocycles. The first-order valence-electron chi connectivity index (χ1n) is 13.3. The SMILES string of the molecule is CC1C2CCC3C4CC=C5CC(OC(=O)NCc6ccco6)CCC5(C)C4CCC32CN1C. The molecular formula is C28H40N2O3. The maximum Gasteiger partial charge on any atom is 0.407 e. The third kappa shape index (κ3) is 3.32. The highest BCUT2D eigenvalue weighted by Crippen LogP contribution is 2.68. The summed E-state index contributed by atoms with van der Waals surface area (Å²) < 4.78 is 11.1. The van der Waals surface area contributed by atoms with Crippen LogP contribution >= 0.6 is 0 Å². The molecule has 180 valence electrons. The Bertz CT molecular complexity index is 926. The Hall–Kier alpha value is -1.75. The highest BCUT2D eigenvalue weighted by atomic mass is 16.6. The van der Waals surface area contributed by atoms with E-state index in [1.165, 1.54) is 38.6 Å². The van der Waals surface area contributed by atoms with Crippen molar-refractivity contribution in [1.82, 2.24) is 10.2 Å². The van der Waals surface area contributed by atoms with E-state index in [0.29, 0.717) is 17.4 Å². The van der Waals surface area contributed by atoms with E-state index in [1.807, 2.05) is 12.1 Å². The van der Waals surface area contributed by atoms with Gasteiger partial charge in [-0.1, -0.05) is 18.6 Å². The first-order chi connectivity index (χ1) is 15.9. The number of likely N-dealkylation sites (tertiary alicyclic amines) is 1. The van der Waals surface area contributed by atoms with Crippen molar-refractivity contribution in [2.75, 3.05) is 13.6 Å². The van der Waals surface area contributed by atoms with Gasteiger partial charge in [0.25, 0.3) is 0 Å². The van der Waals surface area contributed by atoms with E-state index >= 15 is 0 Å². The summed E-state index contributed by atoms with van der Waals surface area (Å²) in [7, 11) is 2.35. The fourth-order valence-electron chi connectivity index (χ4n) is 9.30. The van der Waals surface area contributed by atoms with E-state index in [4.69, 9.17) is 9.15 Å². The van der Waals surface area contributed by atoms with Gasteiger partial charge in [-0.05, 0) is 106 Å². The lowest BCUT2D eigenvalue weighted by molar-refractivity contribution is -0.0489. The van der Waals surface area contributed by atoms with Gasteiger partial charge in [0.2, 0.25) is 0 Å². The number of ether oxygens (including phenoxy) is 1. The first kappa shape index (κ1) is 21.8. The van der Waals surface area contributed by atoms with Crippen LogP contribution in [0.4, 0.5) is 4.79 Å². The zero-order valence-electron chi connectivity index (χ0n) is 20.5. The first-order valence-corrected chi connectivity index (χ1v) is 13.3. The van der Waals surface area contributed by atoms with Gasteiger partial charge < -0.3 is 19.4 Å². The molecule has 1 spiro atoms. The molecule has 4 fully saturated rings. The number of fused-ring (bicyclic) bond motifs is 4. The predicted octanol–water partition coefficient (Wildman–Crippen LogP) is 5.77. The van der Waals surface area contributed by atoms with Gasteiger partial charge in [-0.25, -0.2) is 4.79 Å². The summed E-state index contributed by atoms with van der Waals surface area (Å²) in [6.07, 6.45) is 13.8. The molecule has 0 bridgehead atoms. The maximum absolute atomic E-state index is 12.4. The van der Waals surface area contributed by atoms with E-state index in [-0.39, 0.29) is 12.2 Å². The highest BCUT2D eigenvalue weighted by molar-refractivity contribution is 5.67. The standard InChI is InChI=1S/C28H40N2O3/c1-18-23-8-9-25-22-7-6-19-15-20(33-26(31)29-16-21-5-4-14-32-21)10-12-27(19,2)24(22)11-13-28(23,25)17-30(18)3/h4-6,14,18,20,22-25H,7-13,15-17H2,1-3H3,(H,29,31). The average molecular weight is 453 g/mol. The van der Waals surface area contributed by atoms with Crippen LogP contribution in [0.15, 0.2) is 34.5 Å². The van der Waals surface area contributed by atoms with Crippen LogP contribution in [0.3, 0.4) is 0 Å². The molecule has 6 rings (SSSR count). The van der Waals surface area contributed by atoms with Crippen LogP contribution in [-0.4, -0.2) is 36.7 Å². The maximum atomic E-state index is 12.4. The number of alkyl carbamates (subject to hydrolysis) is 1. The summed E-state index contributed by atoms with van der Waals surface area (Å²) in [6, 6.07) is 4.45. The molecule has 5 heteroatoms. The Balaban J connectivity index is 1.13. The lowest BCUT2D eigenvalue weighted by Gasteiger charge is -2.58. The van der Waals surface area contributed by atoms with Gasteiger partial charge >= 0.3 is 6.09 Å². The van der Waals surface area contributed by atoms with Crippen molar-refractivity contribution in [2.24, 2.45) is 34.5 Å². The van der Waals surface area contributed by atoms with Crippen molar-refractivity contribution in [3.05, 3.63) is 35.8 Å². The lowest BCUT2D eigenvalue weighted by atomic mass is 9.47. The minimum Gasteiger partial charge on any atom is -0.467 e. The molecule has 1 aromatic heterocycles. The summed E-state index contributed by atoms with van der Waals surface area (Å²) in [5, 5.41) is 2.83. The molecule has 5 nitrogen and oxygen atoms in total. The summed E-state index contributed by atoms with van der Waals surface area (Å²) in [6.45, 7) is 6.71. The molecular weight excluding hydrogens is 412 g/mol. The third-order valence-corrected chi connectivity index (χ3v) is 10.9. The molecule has 2 heterocycles. The molecule has 1 aromatic rings. The third-order valence-electron chi connectivity index (χ3n) is 10.9. The van der Waals surface area contributed by atoms with Crippen LogP contribution in [0, 0.1) is 34.5 Å². The zero-order chi connectivity index (χ0) is 22.8. The van der Waals surface area contributed by atoms with Gasteiger partial charge in [0.1, 0.15) is 11.9 Å². The second-order valence-corrected chi connectivity index (χ2v) is 12.1. The van der Waals surface area contributed by atoms with E-state index in [9.17, 15) is 4.79 Å². The van der Waals surface area contributed by atoms with E-state index in [1.54, 1.807) is 11.8 Å². The number of nitrogens with zero attached hydrogens (tertiary/aromatic N) is 1. The fourth-order valence-corrected chi connectivity index (χ4v) is 9.30. The molecule has 5 aliphatic rings. The number of carbonyl (C=O) groups is 1. The van der Waals surface area contributed by atoms with Crippen LogP contribution in [-0.2, 0) is 11.3 Å². The molecule has 33 heavy (non-hydrogen) atoms. The highest BCUT2D eigenvalue weighted by Gasteiger charge is 2.64. The van der Waals surface area contributed by atoms with Crippen LogP contribution < -0.4 is 5.32 Å². The van der Waals surface area contributed by atoms with Crippen LogP contribution in [0.2, 0.25) is 0 Å². The number of allylic oxidation sites excluding steroid dienone is 1. The van der Waals surface area contributed by atoms with Gasteiger partial charge in [-0.15, -0.1) is 0 Å². The van der Waals surface area contributed by atoms with Gasteiger partial charge in [-0.2, -0.15) is 0 Å². The average Bonchev–Trinajstić information content (AvgIpc) is 3.49. The Morgan fingerprint density at radius 1 is 1.21 bits per heavy atom. The molecule has 3 saturated carbocycles. The van der Waals surface area contributed by atoms with Crippen molar-refractivity contribution < 1.29 is 13.9 Å². The van der Waals surface area contributed by atoms with Gasteiger partial charge in [0, 0.05) is 19.0 Å². The molecule has 1 N–H and O–H groups in total. The Morgan fingerprint density at radius 3 is 2.88 bits per heavy atom. The van der Waals surface area contributed by atoms with E-state index in [0.717, 1.165) is 54.7 Å². The van der Waals surface area contributed by atoms with Gasteiger partial charge in [0.05, 0.1) is 12.8 Å². The fraction of sp³-hybridized carbons (Fsp3) is 0.750. The van der Waals surface area contributed by atoms with Crippen LogP contribution in [0.5, 0.6) is 0 Å². The largest absolute Gasteiger partial charge is 0.467 e. The quantitative estimate of drug-likeness (QED) is 0.592. The van der Waals surface area contributed by atoms with Crippen LogP contribution in [0.1, 0.15) is 71.0 Å². The van der Waals surface area contributed by atoms with Gasteiger partial charge in [0.15, 0.2) is 0 Å². The molecule has 1 aliphatic heterocycles. The second-order valence-electron chi connectivity index (χ2n) is 12.1. The molecule has 0 radical (unpaired) electrons. The zero-order valence-corrected chi connectivity index (χ0v) is 20.5. The Kier molecular flexibility index (Phi) is 5.21. The van der Waals surface area contributed by atoms with Crippen molar-refractivity contribution in [3.63, 3.8) is 0 Å². The van der Waals surface area contributed by atoms with E-state index in [2.05, 4.69) is 37.2 Å². The van der Waals surface area contributed by atoms with Crippen molar-refractivity contribution in [3.8, 4) is 0 Å². The number of nitrogens with one attached hydrogen (secondary N) is 1. The number of hydrogen-bond donors (Lipinski definition) is 1. The van der Waals surface area contributed by atoms with Crippen molar-refractivity contribution in [1.29, 1.82) is 0 Å². The Labute approximate surface area is 198 Å². The monoisotopic (exact) mass is 452 g/mol. The number of carbonyl (C=O) groups excluding carboxylic acids is 1. The topological polar surface area (TPSA) is 54.7 Å². The molecule has 1 amide bonds. The normalized spacial score (nSPS) is 44.3. The minimum atomic E-state index is -0.328. The predicted molar refractivity (Wildman–Crippen MR) is 127 cm³/mol. The summed E-state index contributed by atoms with van der Waals surface area (Å²) in [5.74, 6) is 4.23. The van der Waals surface area contributed by atoms with Crippen molar-refractivity contribution >= 4 is 6.09 Å². The number of furan rings is 1. The molecule has 4 aliphatic carbocycles. The molecule has 0 aromatic carbocycles. The lowest BCUT2D eigenvalue weighted by Crippen LogP contribution is -2.52. The summed E-state index contributed by atoms with van der Waals surface area (Å²) in [4.78, 5) is 15.0. The Morgan fingerprint density at radius 2 is 2.06 bits per heavy atom.